The van der Waals surface area contributed by atoms with Crippen LogP contribution >= 0.6 is 0 Å². The van der Waals surface area contributed by atoms with E-state index in [4.69, 9.17) is 14.2 Å². The molecular weight excluding hydrogens is 439 g/mol. The number of carbonyl (C=O) groups is 2. The zero-order valence-corrected chi connectivity index (χ0v) is 18.9. The second-order valence-electron chi connectivity index (χ2n) is 7.77. The van der Waals surface area contributed by atoms with E-state index < -0.39 is 12.2 Å². The number of nitrogens with zero attached hydrogens (tertiary/aromatic N) is 2. The highest BCUT2D eigenvalue weighted by atomic mass is 19.1. The summed E-state index contributed by atoms with van der Waals surface area (Å²) in [7, 11) is 0. The summed E-state index contributed by atoms with van der Waals surface area (Å²) in [5, 5.41) is 5.59. The molecular formula is C26H23FN2O5. The van der Waals surface area contributed by atoms with Crippen LogP contribution in [0.2, 0.25) is 0 Å². The number of hydrogen-bond acceptors (Lipinski definition) is 6. The van der Waals surface area contributed by atoms with Crippen molar-refractivity contribution in [1.29, 1.82) is 0 Å². The number of amides is 1. The summed E-state index contributed by atoms with van der Waals surface area (Å²) in [4.78, 5) is 23.9. The van der Waals surface area contributed by atoms with Crippen LogP contribution in [0.15, 0.2) is 71.8 Å². The molecule has 1 atom stereocenters. The van der Waals surface area contributed by atoms with Crippen molar-refractivity contribution >= 4 is 17.8 Å². The highest BCUT2D eigenvalue weighted by Crippen LogP contribution is 2.34. The SMILES string of the molecule is CC(=O)Oc1c(C)cccc1C1=NN(C(C)=O)C(c2ccc(OCc3cccc(F)c3)cc2)O1. The molecule has 34 heavy (non-hydrogen) atoms. The Bertz CT molecular complexity index is 1260. The molecule has 0 fully saturated rings. The van der Waals surface area contributed by atoms with Crippen LogP contribution in [0.4, 0.5) is 4.39 Å². The van der Waals surface area contributed by atoms with Crippen LogP contribution in [-0.4, -0.2) is 22.8 Å². The molecule has 0 saturated heterocycles. The van der Waals surface area contributed by atoms with E-state index in [1.54, 1.807) is 61.5 Å². The molecule has 0 radical (unpaired) electrons. The Kier molecular flexibility index (Phi) is 6.58. The molecule has 3 aromatic carbocycles. The van der Waals surface area contributed by atoms with E-state index in [2.05, 4.69) is 5.10 Å². The van der Waals surface area contributed by atoms with Crippen molar-refractivity contribution in [2.45, 2.75) is 33.6 Å². The lowest BCUT2D eigenvalue weighted by molar-refractivity contribution is -0.135. The first-order valence-electron chi connectivity index (χ1n) is 10.6. The Balaban J connectivity index is 1.53. The maximum atomic E-state index is 13.3. The minimum Gasteiger partial charge on any atom is -0.489 e. The van der Waals surface area contributed by atoms with Crippen molar-refractivity contribution in [3.05, 3.63) is 94.8 Å². The molecule has 1 amide bonds. The summed E-state index contributed by atoms with van der Waals surface area (Å²) in [6.07, 6.45) is -0.796. The van der Waals surface area contributed by atoms with Gasteiger partial charge in [0.15, 0.2) is 0 Å². The zero-order valence-electron chi connectivity index (χ0n) is 18.9. The molecule has 3 aromatic rings. The molecule has 174 valence electrons. The molecule has 1 heterocycles. The second-order valence-corrected chi connectivity index (χ2v) is 7.77. The van der Waals surface area contributed by atoms with E-state index in [9.17, 15) is 14.0 Å². The van der Waals surface area contributed by atoms with Crippen molar-refractivity contribution in [3.63, 3.8) is 0 Å². The molecule has 1 aliphatic rings. The number of benzene rings is 3. The van der Waals surface area contributed by atoms with Gasteiger partial charge in [0.05, 0.1) is 5.56 Å². The Morgan fingerprint density at radius 2 is 1.79 bits per heavy atom. The standard InChI is InChI=1S/C26H23FN2O5/c1-16-6-4-9-23(24(16)33-18(3)31)25-28-29(17(2)30)26(34-25)20-10-12-22(13-11-20)32-15-19-7-5-8-21(27)14-19/h4-14,26H,15H2,1-3H3. The van der Waals surface area contributed by atoms with Gasteiger partial charge in [0.1, 0.15) is 23.9 Å². The van der Waals surface area contributed by atoms with Gasteiger partial charge in [0.2, 0.25) is 18.0 Å². The fraction of sp³-hybridized carbons (Fsp3) is 0.192. The van der Waals surface area contributed by atoms with Crippen LogP contribution in [0.3, 0.4) is 0 Å². The third kappa shape index (κ3) is 5.06. The summed E-state index contributed by atoms with van der Waals surface area (Å²) < 4.78 is 30.5. The van der Waals surface area contributed by atoms with E-state index in [0.717, 1.165) is 5.56 Å². The number of halogens is 1. The van der Waals surface area contributed by atoms with Gasteiger partial charge < -0.3 is 14.2 Å². The van der Waals surface area contributed by atoms with Gasteiger partial charge >= 0.3 is 5.97 Å². The molecule has 0 bridgehead atoms. The maximum absolute atomic E-state index is 13.3. The highest BCUT2D eigenvalue weighted by Gasteiger charge is 2.34. The summed E-state index contributed by atoms with van der Waals surface area (Å²) in [6, 6.07) is 18.5. The first-order chi connectivity index (χ1) is 16.3. The van der Waals surface area contributed by atoms with E-state index in [1.165, 1.54) is 31.0 Å². The molecule has 7 nitrogen and oxygen atoms in total. The van der Waals surface area contributed by atoms with E-state index in [1.807, 2.05) is 0 Å². The topological polar surface area (TPSA) is 77.4 Å². The van der Waals surface area contributed by atoms with Crippen LogP contribution in [-0.2, 0) is 20.9 Å². The van der Waals surface area contributed by atoms with Crippen LogP contribution in [0.25, 0.3) is 0 Å². The van der Waals surface area contributed by atoms with Crippen LogP contribution in [0.5, 0.6) is 11.5 Å². The Morgan fingerprint density at radius 1 is 1.06 bits per heavy atom. The molecule has 1 unspecified atom stereocenters. The van der Waals surface area contributed by atoms with Gasteiger partial charge in [-0.1, -0.05) is 24.3 Å². The summed E-state index contributed by atoms with van der Waals surface area (Å²) >= 11 is 0. The van der Waals surface area contributed by atoms with Gasteiger partial charge in [0, 0.05) is 19.4 Å². The number of ether oxygens (including phenoxy) is 3. The van der Waals surface area contributed by atoms with Crippen molar-refractivity contribution < 1.29 is 28.2 Å². The van der Waals surface area contributed by atoms with Gasteiger partial charge in [-0.15, -0.1) is 5.10 Å². The number of hydrazone groups is 1. The van der Waals surface area contributed by atoms with Crippen molar-refractivity contribution in [3.8, 4) is 11.5 Å². The fourth-order valence-corrected chi connectivity index (χ4v) is 3.51. The molecule has 0 N–H and O–H groups in total. The zero-order chi connectivity index (χ0) is 24.2. The number of rotatable bonds is 6. The minimum absolute atomic E-state index is 0.173. The molecule has 4 rings (SSSR count). The predicted molar refractivity (Wildman–Crippen MR) is 123 cm³/mol. The minimum atomic E-state index is -0.796. The Labute approximate surface area is 196 Å². The van der Waals surface area contributed by atoms with Crippen LogP contribution < -0.4 is 9.47 Å². The monoisotopic (exact) mass is 462 g/mol. The largest absolute Gasteiger partial charge is 0.489 e. The fourth-order valence-electron chi connectivity index (χ4n) is 3.51. The third-order valence-electron chi connectivity index (χ3n) is 5.11. The molecule has 0 saturated carbocycles. The first kappa shape index (κ1) is 23.0. The van der Waals surface area contributed by atoms with Crippen LogP contribution in [0, 0.1) is 12.7 Å². The molecule has 0 spiro atoms. The Morgan fingerprint density at radius 3 is 2.47 bits per heavy atom. The average molecular weight is 462 g/mol. The number of aryl methyl sites for hydroxylation is 1. The van der Waals surface area contributed by atoms with Crippen LogP contribution in [0.1, 0.15) is 42.3 Å². The van der Waals surface area contributed by atoms with Gasteiger partial charge in [-0.25, -0.2) is 4.39 Å². The quantitative estimate of drug-likeness (QED) is 0.386. The molecule has 0 aliphatic carbocycles. The second kappa shape index (κ2) is 9.74. The molecule has 1 aliphatic heterocycles. The van der Waals surface area contributed by atoms with Crippen molar-refractivity contribution in [2.75, 3.05) is 0 Å². The number of hydrogen-bond donors (Lipinski definition) is 0. The number of carbonyl (C=O) groups excluding carboxylic acids is 2. The molecule has 8 heteroatoms. The lowest BCUT2D eigenvalue weighted by atomic mass is 10.1. The normalized spacial score (nSPS) is 14.9. The summed E-state index contributed by atoms with van der Waals surface area (Å²) in [5.74, 6) is -0.0144. The Hall–Kier alpha value is -4.20. The van der Waals surface area contributed by atoms with E-state index in [0.29, 0.717) is 28.2 Å². The van der Waals surface area contributed by atoms with E-state index in [-0.39, 0.29) is 24.2 Å². The van der Waals surface area contributed by atoms with E-state index >= 15 is 0 Å². The summed E-state index contributed by atoms with van der Waals surface area (Å²) in [5.41, 5.74) is 2.59. The third-order valence-corrected chi connectivity index (χ3v) is 5.11. The lowest BCUT2D eigenvalue weighted by Gasteiger charge is -2.19. The maximum Gasteiger partial charge on any atom is 0.308 e. The highest BCUT2D eigenvalue weighted by molar-refractivity contribution is 5.99. The van der Waals surface area contributed by atoms with Gasteiger partial charge in [-0.3, -0.25) is 9.59 Å². The van der Waals surface area contributed by atoms with Gasteiger partial charge in [-0.05, 0) is 60.5 Å². The first-order valence-corrected chi connectivity index (χ1v) is 10.6. The lowest BCUT2D eigenvalue weighted by Crippen LogP contribution is -2.25. The van der Waals surface area contributed by atoms with Crippen molar-refractivity contribution in [2.24, 2.45) is 5.10 Å². The molecule has 0 aromatic heterocycles. The summed E-state index contributed by atoms with van der Waals surface area (Å²) in [6.45, 7) is 4.73. The predicted octanol–water partition coefficient (Wildman–Crippen LogP) is 4.88. The average Bonchev–Trinajstić information content (AvgIpc) is 3.25. The van der Waals surface area contributed by atoms with Gasteiger partial charge in [0.25, 0.3) is 0 Å². The number of para-hydroxylation sites is 1. The van der Waals surface area contributed by atoms with Gasteiger partial charge in [-0.2, -0.15) is 5.01 Å². The van der Waals surface area contributed by atoms with Crippen molar-refractivity contribution in [1.82, 2.24) is 5.01 Å². The number of esters is 1. The smallest absolute Gasteiger partial charge is 0.308 e.